The maximum atomic E-state index is 5.82. The third kappa shape index (κ3) is 5.15. The second-order valence-electron chi connectivity index (χ2n) is 9.43. The van der Waals surface area contributed by atoms with Crippen molar-refractivity contribution in [3.05, 3.63) is 94.8 Å². The highest BCUT2D eigenvalue weighted by Gasteiger charge is 2.33. The molecule has 0 unspecified atom stereocenters. The number of nitrogens with zero attached hydrogens (tertiary/aromatic N) is 6. The Balaban J connectivity index is 1.50. The van der Waals surface area contributed by atoms with E-state index in [1.54, 1.807) is 14.2 Å². The van der Waals surface area contributed by atoms with Crippen molar-refractivity contribution in [2.24, 2.45) is 0 Å². The van der Waals surface area contributed by atoms with Gasteiger partial charge >= 0.3 is 0 Å². The molecule has 1 fully saturated rings. The van der Waals surface area contributed by atoms with E-state index in [-0.39, 0.29) is 6.04 Å². The Hall–Kier alpha value is -3.91. The van der Waals surface area contributed by atoms with Crippen molar-refractivity contribution >= 4 is 5.69 Å². The van der Waals surface area contributed by atoms with Gasteiger partial charge in [0.2, 0.25) is 0 Å². The molecule has 37 heavy (non-hydrogen) atoms. The van der Waals surface area contributed by atoms with Gasteiger partial charge in [0.25, 0.3) is 0 Å². The third-order valence-corrected chi connectivity index (χ3v) is 7.31. The summed E-state index contributed by atoms with van der Waals surface area (Å²) in [4.78, 5) is 4.93. The Morgan fingerprint density at radius 1 is 0.865 bits per heavy atom. The van der Waals surface area contributed by atoms with Gasteiger partial charge in [0.05, 0.1) is 20.8 Å². The zero-order chi connectivity index (χ0) is 25.8. The predicted molar refractivity (Wildman–Crippen MR) is 144 cm³/mol. The molecule has 0 saturated carbocycles. The number of hydrogen-bond donors (Lipinski definition) is 0. The number of ether oxygens (including phenoxy) is 2. The number of hydrogen-bond acceptors (Lipinski definition) is 7. The summed E-state index contributed by atoms with van der Waals surface area (Å²) in [6, 6.07) is 22.5. The summed E-state index contributed by atoms with van der Waals surface area (Å²) in [7, 11) is 3.39. The molecule has 1 aliphatic rings. The lowest BCUT2D eigenvalue weighted by atomic mass is 10.0. The van der Waals surface area contributed by atoms with E-state index in [0.29, 0.717) is 6.54 Å². The number of aromatic nitrogens is 4. The lowest BCUT2D eigenvalue weighted by Gasteiger charge is -2.40. The molecule has 0 spiro atoms. The van der Waals surface area contributed by atoms with Crippen molar-refractivity contribution in [1.82, 2.24) is 25.1 Å². The zero-order valence-corrected chi connectivity index (χ0v) is 22.0. The number of benzene rings is 3. The topological polar surface area (TPSA) is 68.5 Å². The monoisotopic (exact) mass is 498 g/mol. The van der Waals surface area contributed by atoms with Crippen molar-refractivity contribution in [1.29, 1.82) is 0 Å². The van der Waals surface area contributed by atoms with Crippen LogP contribution in [0.15, 0.2) is 66.7 Å². The maximum Gasteiger partial charge on any atom is 0.173 e. The Kier molecular flexibility index (Phi) is 7.37. The van der Waals surface area contributed by atoms with Crippen LogP contribution < -0.4 is 14.4 Å². The average Bonchev–Trinajstić information content (AvgIpc) is 3.38. The molecule has 4 aromatic rings. The van der Waals surface area contributed by atoms with E-state index < -0.39 is 0 Å². The lowest BCUT2D eigenvalue weighted by Crippen LogP contribution is -2.48. The highest BCUT2D eigenvalue weighted by atomic mass is 16.5. The fourth-order valence-corrected chi connectivity index (χ4v) is 5.13. The normalized spacial score (nSPS) is 15.0. The van der Waals surface area contributed by atoms with Gasteiger partial charge < -0.3 is 14.4 Å². The van der Waals surface area contributed by atoms with Crippen molar-refractivity contribution in [2.45, 2.75) is 26.4 Å². The molecule has 192 valence electrons. The van der Waals surface area contributed by atoms with Crippen molar-refractivity contribution < 1.29 is 9.47 Å². The first-order chi connectivity index (χ1) is 18.1. The summed E-state index contributed by atoms with van der Waals surface area (Å²) < 4.78 is 13.3. The standard InChI is InChI=1S/C29H34N6O2/c1-21-9-8-12-26(22(21)2)33-15-17-34(18-16-33)28(25-19-24(36-3)13-14-27(25)37-4)29-30-31-32-35(29)20-23-10-6-5-7-11-23/h5-14,19,28H,15-18,20H2,1-4H3/t28-/m0/s1. The van der Waals surface area contributed by atoms with Crippen LogP contribution in [0.5, 0.6) is 11.5 Å². The zero-order valence-electron chi connectivity index (χ0n) is 22.0. The van der Waals surface area contributed by atoms with Crippen LogP contribution in [0.2, 0.25) is 0 Å². The summed E-state index contributed by atoms with van der Waals surface area (Å²) in [5, 5.41) is 13.0. The van der Waals surface area contributed by atoms with Gasteiger partial charge in [-0.1, -0.05) is 42.5 Å². The van der Waals surface area contributed by atoms with E-state index in [4.69, 9.17) is 9.47 Å². The van der Waals surface area contributed by atoms with Crippen molar-refractivity contribution in [3.8, 4) is 11.5 Å². The summed E-state index contributed by atoms with van der Waals surface area (Å²) in [6.45, 7) is 8.51. The molecule has 8 nitrogen and oxygen atoms in total. The third-order valence-electron chi connectivity index (χ3n) is 7.31. The molecule has 3 aromatic carbocycles. The molecule has 1 aliphatic heterocycles. The quantitative estimate of drug-likeness (QED) is 0.359. The van der Waals surface area contributed by atoms with Gasteiger partial charge in [-0.25, -0.2) is 4.68 Å². The first-order valence-corrected chi connectivity index (χ1v) is 12.7. The minimum atomic E-state index is -0.190. The SMILES string of the molecule is COc1ccc(OC)c([C@@H](c2nnnn2Cc2ccccc2)N2CCN(c3cccc(C)c3C)CC2)c1. The van der Waals surface area contributed by atoms with Crippen LogP contribution in [0.25, 0.3) is 0 Å². The highest BCUT2D eigenvalue weighted by molar-refractivity contribution is 5.56. The van der Waals surface area contributed by atoms with Crippen LogP contribution in [0, 0.1) is 13.8 Å². The molecule has 1 saturated heterocycles. The van der Waals surface area contributed by atoms with Crippen LogP contribution in [-0.2, 0) is 6.54 Å². The van der Waals surface area contributed by atoms with Crippen LogP contribution in [0.4, 0.5) is 5.69 Å². The largest absolute Gasteiger partial charge is 0.497 e. The smallest absolute Gasteiger partial charge is 0.173 e. The summed E-state index contributed by atoms with van der Waals surface area (Å²) in [5.41, 5.74) is 6.11. The number of methoxy groups -OCH3 is 2. The molecule has 1 atom stereocenters. The first-order valence-electron chi connectivity index (χ1n) is 12.7. The Morgan fingerprint density at radius 3 is 2.38 bits per heavy atom. The number of rotatable bonds is 8. The predicted octanol–water partition coefficient (Wildman–Crippen LogP) is 4.27. The molecule has 0 aliphatic carbocycles. The Bertz CT molecular complexity index is 1330. The van der Waals surface area contributed by atoms with Gasteiger partial charge in [-0.3, -0.25) is 4.90 Å². The number of tetrazole rings is 1. The molecule has 0 bridgehead atoms. The van der Waals surface area contributed by atoms with Crippen molar-refractivity contribution in [2.75, 3.05) is 45.3 Å². The molecule has 0 amide bonds. The van der Waals surface area contributed by atoms with Crippen molar-refractivity contribution in [3.63, 3.8) is 0 Å². The molecular weight excluding hydrogens is 464 g/mol. The van der Waals surface area contributed by atoms with E-state index in [0.717, 1.165) is 54.6 Å². The molecule has 0 N–H and O–H groups in total. The summed E-state index contributed by atoms with van der Waals surface area (Å²) in [6.07, 6.45) is 0. The van der Waals surface area contributed by atoms with E-state index in [9.17, 15) is 0 Å². The molecule has 5 rings (SSSR count). The second-order valence-corrected chi connectivity index (χ2v) is 9.43. The first kappa shape index (κ1) is 24.8. The van der Waals surface area contributed by atoms with E-state index in [1.807, 2.05) is 41.1 Å². The van der Waals surface area contributed by atoms with E-state index in [1.165, 1.54) is 16.8 Å². The van der Waals surface area contributed by atoms with Gasteiger partial charge in [-0.15, -0.1) is 5.10 Å². The molecular formula is C29H34N6O2. The van der Waals surface area contributed by atoms with Gasteiger partial charge in [0.15, 0.2) is 5.82 Å². The minimum Gasteiger partial charge on any atom is -0.497 e. The minimum absolute atomic E-state index is 0.190. The Labute approximate surface area is 218 Å². The number of piperazine rings is 1. The van der Waals surface area contributed by atoms with Gasteiger partial charge in [0, 0.05) is 37.4 Å². The fourth-order valence-electron chi connectivity index (χ4n) is 5.13. The van der Waals surface area contributed by atoms with E-state index >= 15 is 0 Å². The van der Waals surface area contributed by atoms with Gasteiger partial charge in [-0.2, -0.15) is 0 Å². The summed E-state index contributed by atoms with van der Waals surface area (Å²) >= 11 is 0. The van der Waals surface area contributed by atoms with Gasteiger partial charge in [-0.05, 0) is 65.2 Å². The average molecular weight is 499 g/mol. The molecule has 2 heterocycles. The Morgan fingerprint density at radius 2 is 1.65 bits per heavy atom. The number of aryl methyl sites for hydroxylation is 1. The molecule has 8 heteroatoms. The van der Waals surface area contributed by atoms with Crippen LogP contribution in [-0.4, -0.2) is 65.5 Å². The summed E-state index contributed by atoms with van der Waals surface area (Å²) in [5.74, 6) is 2.35. The second kappa shape index (κ2) is 11.0. The van der Waals surface area contributed by atoms with Crippen LogP contribution in [0.3, 0.4) is 0 Å². The van der Waals surface area contributed by atoms with Crippen LogP contribution >= 0.6 is 0 Å². The van der Waals surface area contributed by atoms with E-state index in [2.05, 4.69) is 69.5 Å². The fraction of sp³-hybridized carbons (Fsp3) is 0.345. The van der Waals surface area contributed by atoms with Gasteiger partial charge in [0.1, 0.15) is 17.5 Å². The maximum absolute atomic E-state index is 5.82. The molecule has 1 aromatic heterocycles. The molecule has 0 radical (unpaired) electrons. The highest BCUT2D eigenvalue weighted by Crippen LogP contribution is 2.37. The lowest BCUT2D eigenvalue weighted by molar-refractivity contribution is 0.197. The van der Waals surface area contributed by atoms with Crippen LogP contribution in [0.1, 0.15) is 34.1 Å². The number of anilines is 1.